The molecular formula is C12H14N4O2. The summed E-state index contributed by atoms with van der Waals surface area (Å²) in [4.78, 5) is 23.0. The lowest BCUT2D eigenvalue weighted by molar-refractivity contribution is -0.121. The number of carbonyl (C=O) groups excluding carboxylic acids is 1. The van der Waals surface area contributed by atoms with Crippen LogP contribution in [-0.2, 0) is 11.3 Å². The number of carbonyl (C=O) groups is 1. The minimum absolute atomic E-state index is 0.138. The second-order valence-electron chi connectivity index (χ2n) is 3.93. The molecule has 0 radical (unpaired) electrons. The van der Waals surface area contributed by atoms with E-state index in [2.05, 4.69) is 5.10 Å². The fraction of sp³-hybridized carbons (Fsp3) is 0.250. The number of benzene rings is 1. The van der Waals surface area contributed by atoms with Gasteiger partial charge in [0.05, 0.1) is 11.6 Å². The van der Waals surface area contributed by atoms with Crippen molar-refractivity contribution in [3.05, 3.63) is 40.8 Å². The summed E-state index contributed by atoms with van der Waals surface area (Å²) < 4.78 is 1.37. The van der Waals surface area contributed by atoms with Gasteiger partial charge in [0.15, 0.2) is 0 Å². The van der Waals surface area contributed by atoms with Crippen LogP contribution in [0.2, 0.25) is 0 Å². The third kappa shape index (κ3) is 2.54. The fourth-order valence-corrected chi connectivity index (χ4v) is 1.75. The van der Waals surface area contributed by atoms with Crippen LogP contribution in [0.4, 0.5) is 0 Å². The quantitative estimate of drug-likeness (QED) is 0.457. The van der Waals surface area contributed by atoms with Crippen molar-refractivity contribution >= 4 is 16.7 Å². The summed E-state index contributed by atoms with van der Waals surface area (Å²) in [6.45, 7) is 0.400. The Morgan fingerprint density at radius 3 is 2.94 bits per heavy atom. The number of hydrogen-bond donors (Lipinski definition) is 2. The molecule has 2 rings (SSSR count). The molecule has 2 aromatic rings. The molecule has 94 valence electrons. The maximum Gasteiger partial charge on any atom is 0.274 e. The van der Waals surface area contributed by atoms with Gasteiger partial charge in [-0.25, -0.2) is 10.5 Å². The minimum Gasteiger partial charge on any atom is -0.294 e. The molecule has 0 atom stereocenters. The fourth-order valence-electron chi connectivity index (χ4n) is 1.75. The van der Waals surface area contributed by atoms with Crippen molar-refractivity contribution in [1.82, 2.24) is 15.2 Å². The van der Waals surface area contributed by atoms with Gasteiger partial charge < -0.3 is 0 Å². The number of hydrogen-bond acceptors (Lipinski definition) is 4. The zero-order valence-corrected chi connectivity index (χ0v) is 9.80. The van der Waals surface area contributed by atoms with Crippen molar-refractivity contribution in [2.45, 2.75) is 19.4 Å². The largest absolute Gasteiger partial charge is 0.294 e. The van der Waals surface area contributed by atoms with Crippen molar-refractivity contribution in [3.8, 4) is 0 Å². The molecule has 6 heteroatoms. The third-order valence-electron chi connectivity index (χ3n) is 2.70. The molecule has 0 bridgehead atoms. The summed E-state index contributed by atoms with van der Waals surface area (Å²) in [5.74, 6) is 4.73. The Bertz CT molecular complexity index is 621. The lowest BCUT2D eigenvalue weighted by Gasteiger charge is -2.05. The van der Waals surface area contributed by atoms with Crippen molar-refractivity contribution in [2.24, 2.45) is 5.84 Å². The van der Waals surface area contributed by atoms with Gasteiger partial charge in [0, 0.05) is 18.4 Å². The molecule has 1 aromatic carbocycles. The van der Waals surface area contributed by atoms with Crippen molar-refractivity contribution in [1.29, 1.82) is 0 Å². The first-order valence-electron chi connectivity index (χ1n) is 5.66. The molecule has 0 fully saturated rings. The molecule has 0 unspecified atom stereocenters. The summed E-state index contributed by atoms with van der Waals surface area (Å²) in [6, 6.07) is 7.29. The first kappa shape index (κ1) is 12.3. The summed E-state index contributed by atoms with van der Waals surface area (Å²) in [5.41, 5.74) is 1.91. The molecule has 0 aliphatic carbocycles. The Kier molecular flexibility index (Phi) is 3.69. The highest BCUT2D eigenvalue weighted by Gasteiger charge is 2.04. The van der Waals surface area contributed by atoms with Crippen LogP contribution in [0.3, 0.4) is 0 Å². The molecule has 3 N–H and O–H groups in total. The Morgan fingerprint density at radius 2 is 2.17 bits per heavy atom. The normalized spacial score (nSPS) is 10.5. The highest BCUT2D eigenvalue weighted by Crippen LogP contribution is 2.06. The van der Waals surface area contributed by atoms with Gasteiger partial charge >= 0.3 is 0 Å². The second kappa shape index (κ2) is 5.42. The van der Waals surface area contributed by atoms with Gasteiger partial charge in [-0.2, -0.15) is 5.10 Å². The number of aryl methyl sites for hydroxylation is 1. The molecule has 6 nitrogen and oxygen atoms in total. The maximum absolute atomic E-state index is 12.0. The Balaban J connectivity index is 2.17. The highest BCUT2D eigenvalue weighted by molar-refractivity contribution is 5.80. The van der Waals surface area contributed by atoms with Gasteiger partial charge in [0.2, 0.25) is 5.91 Å². The smallest absolute Gasteiger partial charge is 0.274 e. The summed E-state index contributed by atoms with van der Waals surface area (Å²) >= 11 is 0. The second-order valence-corrected chi connectivity index (χ2v) is 3.93. The van der Waals surface area contributed by atoms with Gasteiger partial charge in [-0.3, -0.25) is 15.0 Å². The molecule has 0 saturated heterocycles. The maximum atomic E-state index is 12.0. The number of fused-ring (bicyclic) bond motifs is 1. The van der Waals surface area contributed by atoms with Gasteiger partial charge in [-0.05, 0) is 12.5 Å². The van der Waals surface area contributed by atoms with Crippen LogP contribution in [0.15, 0.2) is 35.3 Å². The third-order valence-corrected chi connectivity index (χ3v) is 2.70. The summed E-state index contributed by atoms with van der Waals surface area (Å²) in [6.07, 6.45) is 2.45. The van der Waals surface area contributed by atoms with E-state index in [-0.39, 0.29) is 17.9 Å². The standard InChI is InChI=1S/C12H14N4O2/c13-15-11(17)6-3-7-16-12(18)10-5-2-1-4-9(10)8-14-16/h1-2,4-5,8H,3,6-7,13H2,(H,15,17). The lowest BCUT2D eigenvalue weighted by atomic mass is 10.2. The van der Waals surface area contributed by atoms with E-state index in [0.717, 1.165) is 5.39 Å². The average Bonchev–Trinajstić information content (AvgIpc) is 2.41. The zero-order valence-electron chi connectivity index (χ0n) is 9.80. The number of nitrogens with one attached hydrogen (secondary N) is 1. The number of aromatic nitrogens is 2. The zero-order chi connectivity index (χ0) is 13.0. The number of hydrazine groups is 1. The Morgan fingerprint density at radius 1 is 1.39 bits per heavy atom. The summed E-state index contributed by atoms with van der Waals surface area (Å²) in [7, 11) is 0. The van der Waals surface area contributed by atoms with Crippen molar-refractivity contribution in [3.63, 3.8) is 0 Å². The minimum atomic E-state index is -0.246. The van der Waals surface area contributed by atoms with Gasteiger partial charge in [0.25, 0.3) is 5.56 Å². The van der Waals surface area contributed by atoms with Crippen LogP contribution in [0.25, 0.3) is 10.8 Å². The lowest BCUT2D eigenvalue weighted by Crippen LogP contribution is -2.30. The molecule has 1 heterocycles. The predicted molar refractivity (Wildman–Crippen MR) is 67.6 cm³/mol. The Hall–Kier alpha value is -2.21. The predicted octanol–water partition coefficient (Wildman–Crippen LogP) is 0.167. The van der Waals surface area contributed by atoms with Crippen molar-refractivity contribution in [2.75, 3.05) is 0 Å². The van der Waals surface area contributed by atoms with Crippen LogP contribution in [0.5, 0.6) is 0 Å². The van der Waals surface area contributed by atoms with Gasteiger partial charge in [0.1, 0.15) is 0 Å². The SMILES string of the molecule is NNC(=O)CCCn1ncc2ccccc2c1=O. The molecule has 0 aliphatic heterocycles. The van der Waals surface area contributed by atoms with Crippen LogP contribution in [-0.4, -0.2) is 15.7 Å². The molecule has 0 spiro atoms. The van der Waals surface area contributed by atoms with Crippen LogP contribution < -0.4 is 16.8 Å². The van der Waals surface area contributed by atoms with E-state index in [1.165, 1.54) is 4.68 Å². The topological polar surface area (TPSA) is 90.0 Å². The number of nitrogens with zero attached hydrogens (tertiary/aromatic N) is 2. The first-order valence-corrected chi connectivity index (χ1v) is 5.66. The van der Waals surface area contributed by atoms with E-state index in [1.807, 2.05) is 23.6 Å². The molecule has 1 aromatic heterocycles. The van der Waals surface area contributed by atoms with E-state index in [4.69, 9.17) is 5.84 Å². The number of amides is 1. The van der Waals surface area contributed by atoms with Crippen molar-refractivity contribution < 1.29 is 4.79 Å². The average molecular weight is 246 g/mol. The van der Waals surface area contributed by atoms with Crippen LogP contribution in [0, 0.1) is 0 Å². The monoisotopic (exact) mass is 246 g/mol. The van der Waals surface area contributed by atoms with E-state index in [0.29, 0.717) is 18.4 Å². The molecular weight excluding hydrogens is 232 g/mol. The van der Waals surface area contributed by atoms with Crippen LogP contribution >= 0.6 is 0 Å². The first-order chi connectivity index (χ1) is 8.72. The molecule has 0 saturated carbocycles. The van der Waals surface area contributed by atoms with E-state index in [9.17, 15) is 9.59 Å². The van der Waals surface area contributed by atoms with E-state index < -0.39 is 0 Å². The Labute approximate surface area is 103 Å². The molecule has 18 heavy (non-hydrogen) atoms. The summed E-state index contributed by atoms with van der Waals surface area (Å²) in [5, 5.41) is 5.52. The number of nitrogens with two attached hydrogens (primary N) is 1. The van der Waals surface area contributed by atoms with Crippen LogP contribution in [0.1, 0.15) is 12.8 Å². The van der Waals surface area contributed by atoms with E-state index in [1.54, 1.807) is 12.3 Å². The van der Waals surface area contributed by atoms with Gasteiger partial charge in [-0.15, -0.1) is 0 Å². The molecule has 1 amide bonds. The van der Waals surface area contributed by atoms with E-state index >= 15 is 0 Å². The number of rotatable bonds is 4. The molecule has 0 aliphatic rings. The van der Waals surface area contributed by atoms with Gasteiger partial charge in [-0.1, -0.05) is 18.2 Å². The highest BCUT2D eigenvalue weighted by atomic mass is 16.2.